The highest BCUT2D eigenvalue weighted by Crippen LogP contribution is 2.32. The van der Waals surface area contributed by atoms with Crippen molar-refractivity contribution in [3.8, 4) is 0 Å². The van der Waals surface area contributed by atoms with Crippen molar-refractivity contribution in [3.05, 3.63) is 54.6 Å². The lowest BCUT2D eigenvalue weighted by Crippen LogP contribution is -2.25. The molecule has 21 heavy (non-hydrogen) atoms. The Morgan fingerprint density at radius 2 is 2.05 bits per heavy atom. The number of hydrogen-bond acceptors (Lipinski definition) is 4. The second kappa shape index (κ2) is 5.70. The maximum absolute atomic E-state index is 12.1. The van der Waals surface area contributed by atoms with Crippen LogP contribution in [0.5, 0.6) is 0 Å². The summed E-state index contributed by atoms with van der Waals surface area (Å²) in [5.41, 5.74) is 2.10. The van der Waals surface area contributed by atoms with Gasteiger partial charge in [-0.05, 0) is 18.2 Å². The zero-order chi connectivity index (χ0) is 14.7. The summed E-state index contributed by atoms with van der Waals surface area (Å²) in [5.74, 6) is -0.0629. The summed E-state index contributed by atoms with van der Waals surface area (Å²) in [4.78, 5) is 16.2. The zero-order valence-corrected chi connectivity index (χ0v) is 11.5. The molecule has 1 aromatic carbocycles. The molecule has 3 aromatic rings. The van der Waals surface area contributed by atoms with Crippen LogP contribution in [0.1, 0.15) is 10.6 Å². The van der Waals surface area contributed by atoms with Gasteiger partial charge in [-0.1, -0.05) is 25.0 Å². The predicted molar refractivity (Wildman–Crippen MR) is 82.8 cm³/mol. The quantitative estimate of drug-likeness (QED) is 0.720. The Labute approximate surface area is 122 Å². The Bertz CT molecular complexity index is 771. The number of rotatable bonds is 4. The maximum atomic E-state index is 12.1. The van der Waals surface area contributed by atoms with E-state index < -0.39 is 0 Å². The molecule has 0 aliphatic carbocycles. The number of anilines is 2. The third-order valence-corrected chi connectivity index (χ3v) is 3.01. The number of carbonyl (C=O) groups is 1. The molecule has 0 bridgehead atoms. The number of hydrogen-bond donors (Lipinski definition) is 2. The lowest BCUT2D eigenvalue weighted by Gasteiger charge is -2.06. The maximum Gasteiger partial charge on any atom is 0.276 e. The summed E-state index contributed by atoms with van der Waals surface area (Å²) in [6.45, 7) is 1.74. The Morgan fingerprint density at radius 3 is 2.81 bits per heavy atom. The molecule has 5 nitrogen and oxygen atoms in total. The van der Waals surface area contributed by atoms with Crippen LogP contribution >= 0.6 is 0 Å². The van der Waals surface area contributed by atoms with E-state index in [4.69, 9.17) is 4.42 Å². The number of fused-ring (bicyclic) bond motifs is 1. The third kappa shape index (κ3) is 2.60. The Morgan fingerprint density at radius 1 is 1.24 bits per heavy atom. The first-order valence-electron chi connectivity index (χ1n) is 6.57. The van der Waals surface area contributed by atoms with Gasteiger partial charge in [-0.3, -0.25) is 9.78 Å². The molecule has 0 aliphatic heterocycles. The van der Waals surface area contributed by atoms with Crippen LogP contribution in [0.4, 0.5) is 11.4 Å². The van der Waals surface area contributed by atoms with Gasteiger partial charge >= 0.3 is 0 Å². The highest BCUT2D eigenvalue weighted by molar-refractivity contribution is 6.37. The van der Waals surface area contributed by atoms with Crippen LogP contribution in [0, 0.1) is 0 Å². The summed E-state index contributed by atoms with van der Waals surface area (Å²) in [7, 11) is 1.57. The molecule has 2 N–H and O–H groups in total. The van der Waals surface area contributed by atoms with Gasteiger partial charge < -0.3 is 15.0 Å². The standard InChI is InChI=1S/C15H13BN3O2/c1-16-19-15(20)14-13(18-10-5-3-2-4-6-10)11-9-17-8-7-12(11)21-14/h2-9,18H,1H3,(H,19,20). The van der Waals surface area contributed by atoms with Gasteiger partial charge in [-0.25, -0.2) is 0 Å². The lowest BCUT2D eigenvalue weighted by atomic mass is 10.00. The van der Waals surface area contributed by atoms with Crippen molar-refractivity contribution >= 4 is 35.7 Å². The summed E-state index contributed by atoms with van der Waals surface area (Å²) >= 11 is 0. The molecule has 2 aromatic heterocycles. The van der Waals surface area contributed by atoms with E-state index in [2.05, 4.69) is 15.5 Å². The molecule has 0 aliphatic rings. The number of furan rings is 1. The number of aromatic nitrogens is 1. The molecule has 1 amide bonds. The Hall–Kier alpha value is -2.76. The molecule has 0 atom stereocenters. The van der Waals surface area contributed by atoms with E-state index in [-0.39, 0.29) is 11.7 Å². The van der Waals surface area contributed by atoms with E-state index in [0.29, 0.717) is 11.3 Å². The highest BCUT2D eigenvalue weighted by Gasteiger charge is 2.20. The molecule has 3 rings (SSSR count). The average Bonchev–Trinajstić information content (AvgIpc) is 2.88. The van der Waals surface area contributed by atoms with Crippen LogP contribution in [-0.2, 0) is 0 Å². The van der Waals surface area contributed by atoms with Crippen LogP contribution in [-0.4, -0.2) is 18.3 Å². The van der Waals surface area contributed by atoms with Crippen molar-refractivity contribution in [2.45, 2.75) is 6.82 Å². The minimum atomic E-state index is -0.299. The predicted octanol–water partition coefficient (Wildman–Crippen LogP) is 2.97. The Kier molecular flexibility index (Phi) is 3.60. The highest BCUT2D eigenvalue weighted by atomic mass is 16.3. The van der Waals surface area contributed by atoms with Crippen LogP contribution in [0.3, 0.4) is 0 Å². The van der Waals surface area contributed by atoms with Gasteiger partial charge in [0.15, 0.2) is 0 Å². The first-order chi connectivity index (χ1) is 10.3. The topological polar surface area (TPSA) is 67.2 Å². The van der Waals surface area contributed by atoms with Crippen molar-refractivity contribution < 1.29 is 9.21 Å². The number of amides is 1. The van der Waals surface area contributed by atoms with Crippen molar-refractivity contribution in [2.24, 2.45) is 0 Å². The molecular formula is C15H13BN3O2. The van der Waals surface area contributed by atoms with Crippen LogP contribution in [0.25, 0.3) is 11.0 Å². The smallest absolute Gasteiger partial charge is 0.276 e. The number of para-hydroxylation sites is 1. The molecule has 1 radical (unpaired) electrons. The number of nitrogens with one attached hydrogen (secondary N) is 2. The van der Waals surface area contributed by atoms with Crippen molar-refractivity contribution in [3.63, 3.8) is 0 Å². The fraction of sp³-hybridized carbons (Fsp3) is 0.0667. The SMILES string of the molecule is C[B]NC(=O)c1oc2ccncc2c1Nc1ccccc1. The van der Waals surface area contributed by atoms with Gasteiger partial charge in [-0.15, -0.1) is 0 Å². The summed E-state index contributed by atoms with van der Waals surface area (Å²) < 4.78 is 5.65. The molecule has 2 heterocycles. The normalized spacial score (nSPS) is 10.3. The minimum absolute atomic E-state index is 0.236. The average molecular weight is 278 g/mol. The van der Waals surface area contributed by atoms with Crippen LogP contribution in [0.2, 0.25) is 6.82 Å². The summed E-state index contributed by atoms with van der Waals surface area (Å²) in [6, 6.07) is 11.3. The first-order valence-corrected chi connectivity index (χ1v) is 6.57. The van der Waals surface area contributed by atoms with E-state index in [9.17, 15) is 4.79 Å². The fourth-order valence-corrected chi connectivity index (χ4v) is 2.09. The van der Waals surface area contributed by atoms with Gasteiger partial charge in [-0.2, -0.15) is 0 Å². The molecule has 6 heteroatoms. The summed E-state index contributed by atoms with van der Waals surface area (Å²) in [5, 5.41) is 6.62. The number of nitrogens with zero attached hydrogens (tertiary/aromatic N) is 1. The van der Waals surface area contributed by atoms with E-state index >= 15 is 0 Å². The zero-order valence-electron chi connectivity index (χ0n) is 11.5. The second-order valence-electron chi connectivity index (χ2n) is 4.43. The van der Waals surface area contributed by atoms with Crippen LogP contribution in [0.15, 0.2) is 53.2 Å². The third-order valence-electron chi connectivity index (χ3n) is 3.01. The van der Waals surface area contributed by atoms with E-state index in [0.717, 1.165) is 11.1 Å². The second-order valence-corrected chi connectivity index (χ2v) is 4.43. The molecule has 0 saturated carbocycles. The van der Waals surface area contributed by atoms with Gasteiger partial charge in [0.05, 0.1) is 5.39 Å². The fourth-order valence-electron chi connectivity index (χ4n) is 2.09. The largest absolute Gasteiger partial charge is 0.449 e. The van der Waals surface area contributed by atoms with Gasteiger partial charge in [0.2, 0.25) is 13.2 Å². The van der Waals surface area contributed by atoms with Crippen LogP contribution < -0.4 is 10.5 Å². The molecule has 0 saturated heterocycles. The van der Waals surface area contributed by atoms with Gasteiger partial charge in [0.25, 0.3) is 5.91 Å². The van der Waals surface area contributed by atoms with Gasteiger partial charge in [0.1, 0.15) is 11.3 Å². The number of carbonyl (C=O) groups excluding carboxylic acids is 1. The molecular weight excluding hydrogens is 265 g/mol. The molecule has 103 valence electrons. The monoisotopic (exact) mass is 278 g/mol. The first kappa shape index (κ1) is 13.2. The van der Waals surface area contributed by atoms with E-state index in [1.165, 1.54) is 0 Å². The molecule has 0 fully saturated rings. The van der Waals surface area contributed by atoms with Crippen molar-refractivity contribution in [1.29, 1.82) is 0 Å². The van der Waals surface area contributed by atoms with Crippen molar-refractivity contribution in [2.75, 3.05) is 5.32 Å². The molecule has 0 unspecified atom stereocenters. The summed E-state index contributed by atoms with van der Waals surface area (Å²) in [6.07, 6.45) is 3.31. The number of benzene rings is 1. The lowest BCUT2D eigenvalue weighted by molar-refractivity contribution is 0.0957. The van der Waals surface area contributed by atoms with Crippen molar-refractivity contribution in [1.82, 2.24) is 10.2 Å². The van der Waals surface area contributed by atoms with E-state index in [1.54, 1.807) is 32.7 Å². The molecule has 0 spiro atoms. The van der Waals surface area contributed by atoms with E-state index in [1.807, 2.05) is 30.3 Å². The number of pyridine rings is 1. The van der Waals surface area contributed by atoms with Gasteiger partial charge in [0, 0.05) is 18.1 Å². The Balaban J connectivity index is 2.09. The minimum Gasteiger partial charge on any atom is -0.449 e.